The van der Waals surface area contributed by atoms with Gasteiger partial charge in [-0.15, -0.1) is 4.99 Å². The zero-order valence-corrected chi connectivity index (χ0v) is 14.7. The summed E-state index contributed by atoms with van der Waals surface area (Å²) in [6.45, 7) is 0. The smallest absolute Gasteiger partial charge is 0.234 e. The molecule has 4 rings (SSSR count). The van der Waals surface area contributed by atoms with Crippen LogP contribution in [0.3, 0.4) is 0 Å². The van der Waals surface area contributed by atoms with Gasteiger partial charge in [-0.1, -0.05) is 78.9 Å². The van der Waals surface area contributed by atoms with Crippen LogP contribution in [0, 0.1) is 0 Å². The minimum atomic E-state index is -0.690. The molecule has 5 nitrogen and oxygen atoms in total. The summed E-state index contributed by atoms with van der Waals surface area (Å²) in [4.78, 5) is 22.6. The van der Waals surface area contributed by atoms with Crippen molar-refractivity contribution in [1.29, 1.82) is 0 Å². The van der Waals surface area contributed by atoms with E-state index in [4.69, 9.17) is 10.8 Å². The van der Waals surface area contributed by atoms with E-state index in [0.29, 0.717) is 6.42 Å². The van der Waals surface area contributed by atoms with E-state index >= 15 is 0 Å². The average Bonchev–Trinajstić information content (AvgIpc) is 3.03. The third kappa shape index (κ3) is 3.48. The molecular formula is C22H20N2O3. The summed E-state index contributed by atoms with van der Waals surface area (Å²) >= 11 is 0. The molecule has 0 radical (unpaired) electrons. The molecule has 1 aliphatic carbocycles. The second-order valence-electron chi connectivity index (χ2n) is 6.49. The third-order valence-electron chi connectivity index (χ3n) is 4.83. The molecular weight excluding hydrogens is 340 g/mol. The summed E-state index contributed by atoms with van der Waals surface area (Å²) in [5.74, 6) is 4.55. The first kappa shape index (κ1) is 17.4. The van der Waals surface area contributed by atoms with Gasteiger partial charge >= 0.3 is 0 Å². The number of carbonyl (C=O) groups excluding carboxylic acids is 1. The first-order valence-corrected chi connectivity index (χ1v) is 8.82. The van der Waals surface area contributed by atoms with Crippen LogP contribution in [0.25, 0.3) is 11.1 Å². The molecule has 27 heavy (non-hydrogen) atoms. The first-order valence-electron chi connectivity index (χ1n) is 8.82. The molecule has 136 valence electrons. The van der Waals surface area contributed by atoms with E-state index in [0.717, 1.165) is 27.8 Å². The van der Waals surface area contributed by atoms with Crippen molar-refractivity contribution < 1.29 is 14.7 Å². The molecule has 5 heteroatoms. The summed E-state index contributed by atoms with van der Waals surface area (Å²) in [5, 5.41) is 2.92. The first-order chi connectivity index (χ1) is 13.3. The quantitative estimate of drug-likeness (QED) is 0.402. The second kappa shape index (κ2) is 7.72. The van der Waals surface area contributed by atoms with Gasteiger partial charge in [0.2, 0.25) is 5.91 Å². The number of hydrogen-bond acceptors (Lipinski definition) is 4. The van der Waals surface area contributed by atoms with Gasteiger partial charge in [-0.05, 0) is 27.8 Å². The number of fused-ring (bicyclic) bond motifs is 3. The second-order valence-corrected chi connectivity index (χ2v) is 6.49. The van der Waals surface area contributed by atoms with Crippen molar-refractivity contribution in [3.05, 3.63) is 95.6 Å². The molecule has 0 aliphatic heterocycles. The highest BCUT2D eigenvalue weighted by atomic mass is 17.3. The maximum atomic E-state index is 13.2. The van der Waals surface area contributed by atoms with Crippen molar-refractivity contribution in [3.8, 4) is 11.1 Å². The summed E-state index contributed by atoms with van der Waals surface area (Å²) in [6.07, 6.45) is -0.246. The molecule has 1 unspecified atom stereocenters. The SMILES string of the molecule is NOOC(Cc1ccccc1)NC(=O)C1c2ccccc2-c2ccccc21. The third-order valence-corrected chi connectivity index (χ3v) is 4.83. The zero-order valence-electron chi connectivity index (χ0n) is 14.7. The topological polar surface area (TPSA) is 73.6 Å². The summed E-state index contributed by atoms with van der Waals surface area (Å²) in [7, 11) is 0. The lowest BCUT2D eigenvalue weighted by atomic mass is 9.96. The van der Waals surface area contributed by atoms with Gasteiger partial charge in [0.25, 0.3) is 0 Å². The van der Waals surface area contributed by atoms with Crippen molar-refractivity contribution in [3.63, 3.8) is 0 Å². The number of amides is 1. The lowest BCUT2D eigenvalue weighted by Crippen LogP contribution is -2.41. The van der Waals surface area contributed by atoms with Gasteiger partial charge in [0.1, 0.15) is 0 Å². The Morgan fingerprint density at radius 2 is 1.44 bits per heavy atom. The normalized spacial score (nSPS) is 13.7. The Kier molecular flexibility index (Phi) is 4.98. The summed E-state index contributed by atoms with van der Waals surface area (Å²) in [5.41, 5.74) is 5.16. The zero-order chi connectivity index (χ0) is 18.6. The molecule has 0 bridgehead atoms. The Labute approximate surface area is 157 Å². The predicted octanol–water partition coefficient (Wildman–Crippen LogP) is 3.31. The monoisotopic (exact) mass is 360 g/mol. The predicted molar refractivity (Wildman–Crippen MR) is 102 cm³/mol. The number of rotatable bonds is 6. The van der Waals surface area contributed by atoms with E-state index in [1.54, 1.807) is 0 Å². The van der Waals surface area contributed by atoms with E-state index in [2.05, 4.69) is 10.3 Å². The van der Waals surface area contributed by atoms with Crippen LogP contribution in [0.15, 0.2) is 78.9 Å². The molecule has 3 N–H and O–H groups in total. The number of nitrogens with one attached hydrogen (secondary N) is 1. The van der Waals surface area contributed by atoms with Crippen LogP contribution in [0.5, 0.6) is 0 Å². The fourth-order valence-electron chi connectivity index (χ4n) is 3.68. The summed E-state index contributed by atoms with van der Waals surface area (Å²) in [6, 6.07) is 25.7. The van der Waals surface area contributed by atoms with Crippen molar-refractivity contribution in [2.45, 2.75) is 18.6 Å². The van der Waals surface area contributed by atoms with Crippen LogP contribution >= 0.6 is 0 Å². The van der Waals surface area contributed by atoms with Gasteiger partial charge in [0.15, 0.2) is 6.23 Å². The molecule has 0 aromatic heterocycles. The average molecular weight is 360 g/mol. The minimum absolute atomic E-state index is 0.148. The van der Waals surface area contributed by atoms with Gasteiger partial charge in [0, 0.05) is 6.42 Å². The minimum Gasteiger partial charge on any atom is -0.327 e. The number of nitrogens with two attached hydrogens (primary N) is 1. The Balaban J connectivity index is 1.60. The fraction of sp³-hybridized carbons (Fsp3) is 0.136. The lowest BCUT2D eigenvalue weighted by molar-refractivity contribution is -0.333. The van der Waals surface area contributed by atoms with Gasteiger partial charge in [-0.2, -0.15) is 10.8 Å². The van der Waals surface area contributed by atoms with E-state index in [1.807, 2.05) is 78.9 Å². The van der Waals surface area contributed by atoms with Crippen LogP contribution in [-0.2, 0) is 21.1 Å². The van der Waals surface area contributed by atoms with E-state index < -0.39 is 12.1 Å². The maximum absolute atomic E-state index is 13.2. The van der Waals surface area contributed by atoms with E-state index in [1.165, 1.54) is 0 Å². The van der Waals surface area contributed by atoms with Gasteiger partial charge in [0.05, 0.1) is 5.92 Å². The van der Waals surface area contributed by atoms with E-state index in [-0.39, 0.29) is 5.91 Å². The Hall–Kier alpha value is -2.99. The van der Waals surface area contributed by atoms with Gasteiger partial charge in [-0.3, -0.25) is 4.79 Å². The van der Waals surface area contributed by atoms with Crippen LogP contribution < -0.4 is 11.2 Å². The van der Waals surface area contributed by atoms with Crippen molar-refractivity contribution >= 4 is 5.91 Å². The number of benzene rings is 3. The van der Waals surface area contributed by atoms with Crippen molar-refractivity contribution in [1.82, 2.24) is 5.32 Å². The Bertz CT molecular complexity index is 898. The van der Waals surface area contributed by atoms with Gasteiger partial charge < -0.3 is 5.32 Å². The fourth-order valence-corrected chi connectivity index (χ4v) is 3.68. The molecule has 0 heterocycles. The molecule has 1 amide bonds. The molecule has 0 saturated heterocycles. The Morgan fingerprint density at radius 3 is 2.04 bits per heavy atom. The molecule has 1 aliphatic rings. The van der Waals surface area contributed by atoms with Crippen LogP contribution in [0.4, 0.5) is 0 Å². The van der Waals surface area contributed by atoms with E-state index in [9.17, 15) is 4.79 Å². The lowest BCUT2D eigenvalue weighted by Gasteiger charge is -2.20. The number of carbonyl (C=O) groups is 1. The van der Waals surface area contributed by atoms with Crippen LogP contribution in [-0.4, -0.2) is 12.1 Å². The highest BCUT2D eigenvalue weighted by Gasteiger charge is 2.34. The van der Waals surface area contributed by atoms with Crippen molar-refractivity contribution in [2.24, 2.45) is 5.90 Å². The molecule has 3 aromatic rings. The largest absolute Gasteiger partial charge is 0.327 e. The molecule has 0 saturated carbocycles. The number of hydrogen-bond donors (Lipinski definition) is 2. The molecule has 1 atom stereocenters. The maximum Gasteiger partial charge on any atom is 0.234 e. The standard InChI is InChI=1S/C22H20N2O3/c23-27-26-20(14-15-8-2-1-3-9-15)24-22(25)21-18-12-6-4-10-16(18)17-11-5-7-13-19(17)21/h1-13,20-21H,14,23H2,(H,24,25). The van der Waals surface area contributed by atoms with Crippen molar-refractivity contribution in [2.75, 3.05) is 0 Å². The van der Waals surface area contributed by atoms with Crippen LogP contribution in [0.1, 0.15) is 22.6 Å². The highest BCUT2D eigenvalue weighted by Crippen LogP contribution is 2.44. The molecule has 3 aromatic carbocycles. The van der Waals surface area contributed by atoms with Gasteiger partial charge in [-0.25, -0.2) is 0 Å². The van der Waals surface area contributed by atoms with Crippen LogP contribution in [0.2, 0.25) is 0 Å². The highest BCUT2D eigenvalue weighted by molar-refractivity contribution is 5.96. The summed E-state index contributed by atoms with van der Waals surface area (Å²) < 4.78 is 0. The molecule has 0 fully saturated rings. The molecule has 0 spiro atoms. The Morgan fingerprint density at radius 1 is 0.889 bits per heavy atom.